The minimum atomic E-state index is 0.117. The number of carbonyl (C=O) groups excluding carboxylic acids is 1. The molecule has 0 aromatic carbocycles. The van der Waals surface area contributed by atoms with Gasteiger partial charge in [-0.3, -0.25) is 9.78 Å². The van der Waals surface area contributed by atoms with E-state index in [1.807, 2.05) is 17.0 Å². The van der Waals surface area contributed by atoms with E-state index in [-0.39, 0.29) is 5.91 Å². The van der Waals surface area contributed by atoms with Crippen LogP contribution >= 0.6 is 0 Å². The lowest BCUT2D eigenvalue weighted by Gasteiger charge is -2.30. The fraction of sp³-hybridized carbons (Fsp3) is 0.455. The first kappa shape index (κ1) is 9.19. The first-order chi connectivity index (χ1) is 6.81. The van der Waals surface area contributed by atoms with Crippen molar-refractivity contribution in [2.75, 3.05) is 13.1 Å². The molecule has 2 rings (SSSR count). The van der Waals surface area contributed by atoms with Crippen LogP contribution in [0.1, 0.15) is 29.4 Å². The standard InChI is InChI=1S/C11H14N2O/c1-2-10-5-4-9(8-12-10)11(14)13-6-3-7-13/h4-5,8H,2-3,6-7H2,1H3. The molecule has 1 fully saturated rings. The van der Waals surface area contributed by atoms with Crippen molar-refractivity contribution < 1.29 is 4.79 Å². The van der Waals surface area contributed by atoms with Crippen molar-refractivity contribution >= 4 is 5.91 Å². The summed E-state index contributed by atoms with van der Waals surface area (Å²) in [5, 5.41) is 0. The normalized spacial score (nSPS) is 15.1. The zero-order valence-electron chi connectivity index (χ0n) is 8.36. The van der Waals surface area contributed by atoms with Gasteiger partial charge in [-0.05, 0) is 25.0 Å². The Morgan fingerprint density at radius 2 is 2.29 bits per heavy atom. The molecule has 3 nitrogen and oxygen atoms in total. The number of aryl methyl sites for hydroxylation is 1. The molecule has 0 bridgehead atoms. The van der Waals surface area contributed by atoms with Gasteiger partial charge >= 0.3 is 0 Å². The molecule has 0 spiro atoms. The zero-order chi connectivity index (χ0) is 9.97. The molecule has 0 saturated carbocycles. The number of rotatable bonds is 2. The lowest BCUT2D eigenvalue weighted by atomic mass is 10.1. The first-order valence-corrected chi connectivity index (χ1v) is 5.05. The zero-order valence-corrected chi connectivity index (χ0v) is 8.36. The molecule has 1 aromatic rings. The maximum absolute atomic E-state index is 11.7. The van der Waals surface area contributed by atoms with Gasteiger partial charge in [0.1, 0.15) is 0 Å². The van der Waals surface area contributed by atoms with Crippen molar-refractivity contribution in [1.82, 2.24) is 9.88 Å². The highest BCUT2D eigenvalue weighted by molar-refractivity contribution is 5.94. The molecule has 0 atom stereocenters. The largest absolute Gasteiger partial charge is 0.338 e. The van der Waals surface area contributed by atoms with Crippen molar-refractivity contribution in [3.05, 3.63) is 29.6 Å². The van der Waals surface area contributed by atoms with E-state index in [2.05, 4.69) is 11.9 Å². The molecule has 74 valence electrons. The summed E-state index contributed by atoms with van der Waals surface area (Å²) in [5.41, 5.74) is 1.74. The van der Waals surface area contributed by atoms with Crippen molar-refractivity contribution in [3.8, 4) is 0 Å². The fourth-order valence-corrected chi connectivity index (χ4v) is 1.46. The smallest absolute Gasteiger partial charge is 0.255 e. The van der Waals surface area contributed by atoms with Gasteiger partial charge in [0.05, 0.1) is 5.56 Å². The Bertz CT molecular complexity index is 328. The lowest BCUT2D eigenvalue weighted by Crippen LogP contribution is -2.42. The van der Waals surface area contributed by atoms with Crippen LogP contribution in [0.3, 0.4) is 0 Å². The summed E-state index contributed by atoms with van der Waals surface area (Å²) in [6.45, 7) is 3.85. The van der Waals surface area contributed by atoms with Gasteiger partial charge in [0.2, 0.25) is 0 Å². The first-order valence-electron chi connectivity index (χ1n) is 5.05. The van der Waals surface area contributed by atoms with E-state index >= 15 is 0 Å². The molecule has 1 amide bonds. The van der Waals surface area contributed by atoms with Crippen LogP contribution in [0.4, 0.5) is 0 Å². The molecule has 14 heavy (non-hydrogen) atoms. The molecule has 1 aliphatic rings. The summed E-state index contributed by atoms with van der Waals surface area (Å²) in [6, 6.07) is 3.79. The molecule has 1 aromatic heterocycles. The van der Waals surface area contributed by atoms with Crippen LogP contribution in [0.2, 0.25) is 0 Å². The number of carbonyl (C=O) groups is 1. The summed E-state index contributed by atoms with van der Waals surface area (Å²) in [7, 11) is 0. The van der Waals surface area contributed by atoms with E-state index in [9.17, 15) is 4.79 Å². The molecular formula is C11H14N2O. The van der Waals surface area contributed by atoms with Gasteiger partial charge in [-0.1, -0.05) is 6.92 Å². The second-order valence-electron chi connectivity index (χ2n) is 3.54. The minimum absolute atomic E-state index is 0.117. The SMILES string of the molecule is CCc1ccc(C(=O)N2CCC2)cn1. The lowest BCUT2D eigenvalue weighted by molar-refractivity contribution is 0.0651. The number of amides is 1. The topological polar surface area (TPSA) is 33.2 Å². The van der Waals surface area contributed by atoms with E-state index in [0.29, 0.717) is 5.56 Å². The summed E-state index contributed by atoms with van der Waals surface area (Å²) in [5.74, 6) is 0.117. The molecular weight excluding hydrogens is 176 g/mol. The van der Waals surface area contributed by atoms with E-state index in [4.69, 9.17) is 0 Å². The average Bonchev–Trinajstić information content (AvgIpc) is 2.15. The number of hydrogen-bond acceptors (Lipinski definition) is 2. The van der Waals surface area contributed by atoms with Crippen molar-refractivity contribution in [3.63, 3.8) is 0 Å². The van der Waals surface area contributed by atoms with Crippen LogP contribution in [0.15, 0.2) is 18.3 Å². The Morgan fingerprint density at radius 1 is 1.50 bits per heavy atom. The third-order valence-corrected chi connectivity index (χ3v) is 2.58. The molecule has 0 N–H and O–H groups in total. The predicted molar refractivity (Wildman–Crippen MR) is 54.1 cm³/mol. The number of nitrogens with zero attached hydrogens (tertiary/aromatic N) is 2. The van der Waals surface area contributed by atoms with Crippen molar-refractivity contribution in [2.24, 2.45) is 0 Å². The van der Waals surface area contributed by atoms with Crippen LogP contribution in [0.5, 0.6) is 0 Å². The summed E-state index contributed by atoms with van der Waals surface area (Å²) >= 11 is 0. The Labute approximate surface area is 83.8 Å². The van der Waals surface area contributed by atoms with E-state index in [1.54, 1.807) is 6.20 Å². The summed E-state index contributed by atoms with van der Waals surface area (Å²) in [4.78, 5) is 17.8. The van der Waals surface area contributed by atoms with E-state index in [1.165, 1.54) is 0 Å². The molecule has 0 aliphatic carbocycles. The third kappa shape index (κ3) is 1.62. The average molecular weight is 190 g/mol. The molecule has 1 aliphatic heterocycles. The van der Waals surface area contributed by atoms with Gasteiger partial charge < -0.3 is 4.90 Å². The van der Waals surface area contributed by atoms with Gasteiger partial charge in [0, 0.05) is 25.0 Å². The van der Waals surface area contributed by atoms with Gasteiger partial charge in [0.25, 0.3) is 5.91 Å². The highest BCUT2D eigenvalue weighted by Gasteiger charge is 2.21. The summed E-state index contributed by atoms with van der Waals surface area (Å²) in [6.07, 6.45) is 3.73. The van der Waals surface area contributed by atoms with Gasteiger partial charge in [0.15, 0.2) is 0 Å². The summed E-state index contributed by atoms with van der Waals surface area (Å²) < 4.78 is 0. The maximum atomic E-state index is 11.7. The van der Waals surface area contributed by atoms with Gasteiger partial charge in [-0.15, -0.1) is 0 Å². The van der Waals surface area contributed by atoms with Crippen LogP contribution in [0.25, 0.3) is 0 Å². The van der Waals surface area contributed by atoms with Crippen LogP contribution in [-0.2, 0) is 6.42 Å². The Balaban J connectivity index is 2.11. The van der Waals surface area contributed by atoms with Crippen LogP contribution in [0, 0.1) is 0 Å². The quantitative estimate of drug-likeness (QED) is 0.708. The van der Waals surface area contributed by atoms with Crippen LogP contribution in [-0.4, -0.2) is 28.9 Å². The number of likely N-dealkylation sites (tertiary alicyclic amines) is 1. The number of pyridine rings is 1. The molecule has 0 radical (unpaired) electrons. The van der Waals surface area contributed by atoms with Crippen LogP contribution < -0.4 is 0 Å². The minimum Gasteiger partial charge on any atom is -0.338 e. The molecule has 1 saturated heterocycles. The predicted octanol–water partition coefficient (Wildman–Crippen LogP) is 1.49. The second kappa shape index (κ2) is 3.78. The Hall–Kier alpha value is -1.38. The Morgan fingerprint density at radius 3 is 2.71 bits per heavy atom. The Kier molecular flexibility index (Phi) is 2.48. The monoisotopic (exact) mass is 190 g/mol. The van der Waals surface area contributed by atoms with Crippen molar-refractivity contribution in [1.29, 1.82) is 0 Å². The van der Waals surface area contributed by atoms with Crippen molar-refractivity contribution in [2.45, 2.75) is 19.8 Å². The third-order valence-electron chi connectivity index (χ3n) is 2.58. The van der Waals surface area contributed by atoms with Gasteiger partial charge in [-0.2, -0.15) is 0 Å². The molecule has 3 heteroatoms. The maximum Gasteiger partial charge on any atom is 0.255 e. The molecule has 0 unspecified atom stereocenters. The number of aromatic nitrogens is 1. The highest BCUT2D eigenvalue weighted by Crippen LogP contribution is 2.11. The van der Waals surface area contributed by atoms with E-state index in [0.717, 1.165) is 31.6 Å². The van der Waals surface area contributed by atoms with Gasteiger partial charge in [-0.25, -0.2) is 0 Å². The highest BCUT2D eigenvalue weighted by atomic mass is 16.2. The fourth-order valence-electron chi connectivity index (χ4n) is 1.46. The van der Waals surface area contributed by atoms with E-state index < -0.39 is 0 Å². The molecule has 2 heterocycles. The number of hydrogen-bond donors (Lipinski definition) is 0. The second-order valence-corrected chi connectivity index (χ2v) is 3.54.